The normalized spacial score (nSPS) is 16.5. The number of ether oxygens (including phenoxy) is 1. The van der Waals surface area contributed by atoms with E-state index < -0.39 is 11.5 Å². The second kappa shape index (κ2) is 9.84. The van der Waals surface area contributed by atoms with E-state index >= 15 is 0 Å². The van der Waals surface area contributed by atoms with Crippen LogP contribution in [0.15, 0.2) is 73.1 Å². The van der Waals surface area contributed by atoms with Crippen molar-refractivity contribution >= 4 is 34.4 Å². The molecule has 1 amide bonds. The van der Waals surface area contributed by atoms with Gasteiger partial charge in [-0.2, -0.15) is 4.98 Å². The molecule has 1 aliphatic heterocycles. The third-order valence-electron chi connectivity index (χ3n) is 7.55. The van der Waals surface area contributed by atoms with E-state index in [1.165, 1.54) is 18.1 Å². The highest BCUT2D eigenvalue weighted by Crippen LogP contribution is 2.39. The first kappa shape index (κ1) is 25.6. The van der Waals surface area contributed by atoms with Gasteiger partial charge in [-0.25, -0.2) is 9.48 Å². The fraction of sp³-hybridized carbons (Fsp3) is 0.200. The average Bonchev–Trinajstić information content (AvgIpc) is 3.55. The molecule has 3 aromatic carbocycles. The molecule has 0 spiro atoms. The number of hydrogen-bond donors (Lipinski definition) is 2. The molecule has 202 valence electrons. The molecule has 3 heterocycles. The molecule has 0 fully saturated rings. The molecule has 0 saturated heterocycles. The van der Waals surface area contributed by atoms with Gasteiger partial charge in [0.25, 0.3) is 5.91 Å². The number of hydrogen-bond acceptors (Lipinski definition) is 5. The molecule has 0 aliphatic carbocycles. The number of aromatic nitrogens is 4. The van der Waals surface area contributed by atoms with E-state index in [0.29, 0.717) is 41.6 Å². The van der Waals surface area contributed by atoms with Crippen molar-refractivity contribution in [1.82, 2.24) is 24.6 Å². The summed E-state index contributed by atoms with van der Waals surface area (Å²) >= 11 is 6.61. The number of fused-ring (bicyclic) bond motifs is 3. The third kappa shape index (κ3) is 4.28. The van der Waals surface area contributed by atoms with Gasteiger partial charge in [0.2, 0.25) is 0 Å². The minimum absolute atomic E-state index is 0.221. The molecule has 1 aliphatic rings. The average molecular weight is 556 g/mol. The van der Waals surface area contributed by atoms with E-state index in [1.807, 2.05) is 60.0 Å². The number of nitrogens with zero attached hydrogens (tertiary/aromatic N) is 4. The van der Waals surface area contributed by atoms with Gasteiger partial charge in [-0.3, -0.25) is 4.79 Å². The standard InChI is InChI=1S/C30H26ClN5O4/c1-18-8-11-24-22(14-18)26(28(38)39)25-12-13-30(16-35(24)25,19-6-4-3-5-7-19)33-27(37)21-10-9-20(15-23(21)31)36-17-32-29(34-36)40-2/h3-11,14-15,17H,12-13,16H2,1-2H3,(H,33,37)(H,38,39)/t30-/m1/s1. The van der Waals surface area contributed by atoms with E-state index in [9.17, 15) is 14.7 Å². The number of halogens is 1. The van der Waals surface area contributed by atoms with Crippen LogP contribution in [0.5, 0.6) is 6.01 Å². The van der Waals surface area contributed by atoms with Gasteiger partial charge in [-0.05, 0) is 55.7 Å². The Balaban J connectivity index is 1.40. The number of methoxy groups -OCH3 is 1. The Labute approximate surface area is 235 Å². The molecule has 0 saturated carbocycles. The number of carbonyl (C=O) groups is 2. The smallest absolute Gasteiger partial charge is 0.338 e. The zero-order valence-electron chi connectivity index (χ0n) is 21.9. The van der Waals surface area contributed by atoms with Crippen molar-refractivity contribution in [2.24, 2.45) is 0 Å². The molecule has 2 aromatic heterocycles. The topological polar surface area (TPSA) is 111 Å². The molecular weight excluding hydrogens is 530 g/mol. The molecular formula is C30H26ClN5O4. The Hall–Kier alpha value is -4.63. The van der Waals surface area contributed by atoms with Crippen LogP contribution in [0.25, 0.3) is 16.6 Å². The second-order valence-corrected chi connectivity index (χ2v) is 10.4. The predicted molar refractivity (Wildman–Crippen MR) is 150 cm³/mol. The first-order valence-corrected chi connectivity index (χ1v) is 13.2. The minimum atomic E-state index is -0.947. The highest BCUT2D eigenvalue weighted by molar-refractivity contribution is 6.34. The van der Waals surface area contributed by atoms with Crippen molar-refractivity contribution in [3.8, 4) is 11.7 Å². The van der Waals surface area contributed by atoms with Gasteiger partial charge in [0.05, 0.1) is 41.0 Å². The lowest BCUT2D eigenvalue weighted by atomic mass is 9.81. The number of aryl methyl sites for hydroxylation is 1. The largest absolute Gasteiger partial charge is 0.478 e. The highest BCUT2D eigenvalue weighted by Gasteiger charge is 2.40. The Morgan fingerprint density at radius 2 is 1.90 bits per heavy atom. The van der Waals surface area contributed by atoms with Crippen LogP contribution in [-0.2, 0) is 18.5 Å². The second-order valence-electron chi connectivity index (χ2n) is 9.98. The summed E-state index contributed by atoms with van der Waals surface area (Å²) in [6, 6.07) is 20.9. The number of carboxylic acids is 1. The van der Waals surface area contributed by atoms with E-state index in [4.69, 9.17) is 16.3 Å². The van der Waals surface area contributed by atoms with Gasteiger partial charge in [0, 0.05) is 16.6 Å². The summed E-state index contributed by atoms with van der Waals surface area (Å²) in [7, 11) is 1.48. The summed E-state index contributed by atoms with van der Waals surface area (Å²) in [5, 5.41) is 18.6. The van der Waals surface area contributed by atoms with Crippen molar-refractivity contribution in [3.05, 3.63) is 106 Å². The lowest BCUT2D eigenvalue weighted by Crippen LogP contribution is -2.51. The van der Waals surface area contributed by atoms with Crippen molar-refractivity contribution in [2.75, 3.05) is 7.11 Å². The molecule has 0 bridgehead atoms. The molecule has 0 unspecified atom stereocenters. The van der Waals surface area contributed by atoms with Crippen LogP contribution in [-0.4, -0.2) is 43.4 Å². The monoisotopic (exact) mass is 555 g/mol. The van der Waals surface area contributed by atoms with Gasteiger partial charge < -0.3 is 19.7 Å². The number of carbonyl (C=O) groups excluding carboxylic acids is 1. The Morgan fingerprint density at radius 1 is 1.10 bits per heavy atom. The quantitative estimate of drug-likeness (QED) is 0.299. The molecule has 0 radical (unpaired) electrons. The molecule has 5 aromatic rings. The summed E-state index contributed by atoms with van der Waals surface area (Å²) < 4.78 is 8.60. The summed E-state index contributed by atoms with van der Waals surface area (Å²) in [6.45, 7) is 2.32. The molecule has 1 atom stereocenters. The zero-order chi connectivity index (χ0) is 28.0. The van der Waals surface area contributed by atoms with Crippen LogP contribution in [0.1, 0.15) is 44.0 Å². The summed E-state index contributed by atoms with van der Waals surface area (Å²) in [4.78, 5) is 30.2. The first-order chi connectivity index (χ1) is 19.3. The maximum absolute atomic E-state index is 13.8. The van der Waals surface area contributed by atoms with Gasteiger partial charge in [-0.1, -0.05) is 53.6 Å². The predicted octanol–water partition coefficient (Wildman–Crippen LogP) is 5.16. The van der Waals surface area contributed by atoms with E-state index in [2.05, 4.69) is 15.4 Å². The van der Waals surface area contributed by atoms with Crippen molar-refractivity contribution < 1.29 is 19.4 Å². The highest BCUT2D eigenvalue weighted by atomic mass is 35.5. The summed E-state index contributed by atoms with van der Waals surface area (Å²) in [5.74, 6) is -1.27. The minimum Gasteiger partial charge on any atom is -0.478 e. The number of carboxylic acid groups (broad SMARTS) is 1. The van der Waals surface area contributed by atoms with Crippen LogP contribution < -0.4 is 10.1 Å². The zero-order valence-corrected chi connectivity index (χ0v) is 22.6. The summed E-state index contributed by atoms with van der Waals surface area (Å²) in [6.07, 6.45) is 2.50. The van der Waals surface area contributed by atoms with Crippen LogP contribution in [0.3, 0.4) is 0 Å². The van der Waals surface area contributed by atoms with Crippen molar-refractivity contribution in [3.63, 3.8) is 0 Å². The number of benzene rings is 3. The third-order valence-corrected chi connectivity index (χ3v) is 7.86. The molecule has 2 N–H and O–H groups in total. The van der Waals surface area contributed by atoms with Gasteiger partial charge in [0.1, 0.15) is 6.33 Å². The van der Waals surface area contributed by atoms with E-state index in [1.54, 1.807) is 18.2 Å². The lowest BCUT2D eigenvalue weighted by molar-refractivity contribution is 0.0693. The molecule has 10 heteroatoms. The summed E-state index contributed by atoms with van der Waals surface area (Å²) in [5.41, 5.74) is 4.00. The Bertz CT molecular complexity index is 1780. The van der Waals surface area contributed by atoms with Gasteiger partial charge in [-0.15, -0.1) is 5.10 Å². The van der Waals surface area contributed by atoms with Crippen molar-refractivity contribution in [2.45, 2.75) is 31.8 Å². The van der Waals surface area contributed by atoms with E-state index in [-0.39, 0.29) is 16.9 Å². The molecule has 6 rings (SSSR count). The fourth-order valence-corrected chi connectivity index (χ4v) is 5.89. The Kier molecular flexibility index (Phi) is 6.31. The van der Waals surface area contributed by atoms with Crippen LogP contribution in [0, 0.1) is 6.92 Å². The number of nitrogens with one attached hydrogen (secondary N) is 1. The van der Waals surface area contributed by atoms with Crippen LogP contribution in [0.4, 0.5) is 0 Å². The number of amides is 1. The van der Waals surface area contributed by atoms with Crippen LogP contribution in [0.2, 0.25) is 5.02 Å². The van der Waals surface area contributed by atoms with Crippen molar-refractivity contribution in [1.29, 1.82) is 0 Å². The Morgan fingerprint density at radius 3 is 2.60 bits per heavy atom. The first-order valence-electron chi connectivity index (χ1n) is 12.8. The molecule has 40 heavy (non-hydrogen) atoms. The van der Waals surface area contributed by atoms with Gasteiger partial charge in [0.15, 0.2) is 0 Å². The maximum atomic E-state index is 13.8. The fourth-order valence-electron chi connectivity index (χ4n) is 5.63. The van der Waals surface area contributed by atoms with Crippen LogP contribution >= 0.6 is 11.6 Å². The maximum Gasteiger partial charge on any atom is 0.338 e. The lowest BCUT2D eigenvalue weighted by Gasteiger charge is -2.40. The molecule has 9 nitrogen and oxygen atoms in total. The SMILES string of the molecule is COc1ncn(-c2ccc(C(=O)N[C@]3(c4ccccc4)CCc4c(C(=O)O)c5cc(C)ccc5n4C3)c(Cl)c2)n1. The number of aromatic carboxylic acids is 1. The van der Waals surface area contributed by atoms with E-state index in [0.717, 1.165) is 22.3 Å². The van der Waals surface area contributed by atoms with Gasteiger partial charge >= 0.3 is 12.0 Å². The number of rotatable bonds is 6.